The van der Waals surface area contributed by atoms with Crippen molar-refractivity contribution in [1.29, 1.82) is 0 Å². The maximum absolute atomic E-state index is 14.0. The van der Waals surface area contributed by atoms with E-state index in [2.05, 4.69) is 4.74 Å². The highest BCUT2D eigenvalue weighted by molar-refractivity contribution is 6.33. The summed E-state index contributed by atoms with van der Waals surface area (Å²) < 4.78 is 46.7. The van der Waals surface area contributed by atoms with Gasteiger partial charge in [0.1, 0.15) is 0 Å². The average molecular weight is 401 g/mol. The van der Waals surface area contributed by atoms with E-state index in [0.717, 1.165) is 0 Å². The van der Waals surface area contributed by atoms with Crippen LogP contribution < -0.4 is 10.6 Å². The molecule has 2 rings (SSSR count). The number of hydrogen-bond acceptors (Lipinski definition) is 4. The van der Waals surface area contributed by atoms with Gasteiger partial charge in [0.15, 0.2) is 0 Å². The number of amides is 1. The molecule has 9 heteroatoms. The predicted octanol–water partition coefficient (Wildman–Crippen LogP) is 4.00. The molecule has 0 aliphatic rings. The lowest BCUT2D eigenvalue weighted by Crippen LogP contribution is -2.69. The molecule has 0 fully saturated rings. The van der Waals surface area contributed by atoms with Crippen molar-refractivity contribution in [3.8, 4) is 0 Å². The number of rotatable bonds is 6. The van der Waals surface area contributed by atoms with Gasteiger partial charge in [-0.2, -0.15) is 13.2 Å². The molecule has 0 aliphatic heterocycles. The minimum Gasteiger partial charge on any atom is -0.463 e. The quantitative estimate of drug-likeness (QED) is 0.568. The Hall–Kier alpha value is -2.74. The molecule has 144 valence electrons. The fraction of sp³-hybridized carbons (Fsp3) is 0.222. The van der Waals surface area contributed by atoms with Gasteiger partial charge in [-0.3, -0.25) is 4.79 Å². The standard InChI is InChI=1S/C18H16ClF3N2O3/c1-2-27-16(26)17(18(20,21)22,23-14-11-7-6-10-13(14)19)24-15(25)12-8-4-3-5-9-12/h3-11,23H,2H2,1H3,(H,24,25)/t17-/m0/s1. The zero-order valence-corrected chi connectivity index (χ0v) is 14.9. The topological polar surface area (TPSA) is 67.4 Å². The van der Waals surface area contributed by atoms with Gasteiger partial charge in [0.25, 0.3) is 5.91 Å². The van der Waals surface area contributed by atoms with E-state index in [1.165, 1.54) is 55.5 Å². The third-order valence-corrected chi connectivity index (χ3v) is 3.87. The van der Waals surface area contributed by atoms with Gasteiger partial charge < -0.3 is 15.4 Å². The summed E-state index contributed by atoms with van der Waals surface area (Å²) in [6.07, 6.45) is -5.23. The first kappa shape index (κ1) is 20.6. The van der Waals surface area contributed by atoms with Crippen LogP contribution in [-0.4, -0.2) is 30.3 Å². The molecule has 2 N–H and O–H groups in total. The van der Waals surface area contributed by atoms with Gasteiger partial charge in [0.2, 0.25) is 0 Å². The molecule has 0 saturated carbocycles. The number of esters is 1. The number of benzene rings is 2. The number of carbonyl (C=O) groups excluding carboxylic acids is 2. The molecular formula is C18H16ClF3N2O3. The molecule has 0 bridgehead atoms. The van der Waals surface area contributed by atoms with Crippen molar-refractivity contribution >= 4 is 29.2 Å². The molecule has 0 aliphatic carbocycles. The Morgan fingerprint density at radius 1 is 1.04 bits per heavy atom. The monoisotopic (exact) mass is 400 g/mol. The maximum atomic E-state index is 14.0. The van der Waals surface area contributed by atoms with Crippen molar-refractivity contribution in [2.24, 2.45) is 0 Å². The molecule has 0 spiro atoms. The van der Waals surface area contributed by atoms with Crippen molar-refractivity contribution in [2.45, 2.75) is 18.8 Å². The van der Waals surface area contributed by atoms with E-state index in [1.807, 2.05) is 5.32 Å². The lowest BCUT2D eigenvalue weighted by molar-refractivity contribution is -0.204. The number of alkyl halides is 3. The van der Waals surface area contributed by atoms with Crippen LogP contribution in [0.4, 0.5) is 18.9 Å². The molecule has 5 nitrogen and oxygen atoms in total. The summed E-state index contributed by atoms with van der Waals surface area (Å²) in [5.41, 5.74) is -3.78. The third-order valence-electron chi connectivity index (χ3n) is 3.54. The van der Waals surface area contributed by atoms with Crippen LogP contribution in [0.1, 0.15) is 17.3 Å². The van der Waals surface area contributed by atoms with E-state index < -0.39 is 23.7 Å². The average Bonchev–Trinajstić information content (AvgIpc) is 2.62. The second kappa shape index (κ2) is 8.30. The van der Waals surface area contributed by atoms with Gasteiger partial charge in [-0.05, 0) is 31.2 Å². The second-order valence-electron chi connectivity index (χ2n) is 5.39. The summed E-state index contributed by atoms with van der Waals surface area (Å²) in [5.74, 6) is -2.82. The molecule has 27 heavy (non-hydrogen) atoms. The minimum atomic E-state index is -5.23. The van der Waals surface area contributed by atoms with Crippen LogP contribution >= 0.6 is 11.6 Å². The van der Waals surface area contributed by atoms with Crippen molar-refractivity contribution in [3.05, 3.63) is 65.2 Å². The Labute approximate surface area is 158 Å². The second-order valence-corrected chi connectivity index (χ2v) is 5.80. The summed E-state index contributed by atoms with van der Waals surface area (Å²) in [7, 11) is 0. The maximum Gasteiger partial charge on any atom is 0.441 e. The summed E-state index contributed by atoms with van der Waals surface area (Å²) in [6.45, 7) is 1.04. The Kier molecular flexibility index (Phi) is 6.32. The summed E-state index contributed by atoms with van der Waals surface area (Å²) in [5, 5.41) is 3.70. The van der Waals surface area contributed by atoms with Crippen LogP contribution in [0.15, 0.2) is 54.6 Å². The van der Waals surface area contributed by atoms with Crippen LogP contribution in [0.2, 0.25) is 5.02 Å². The van der Waals surface area contributed by atoms with Crippen molar-refractivity contribution in [2.75, 3.05) is 11.9 Å². The minimum absolute atomic E-state index is 0.0589. The number of ether oxygens (including phenoxy) is 1. The third kappa shape index (κ3) is 4.51. The zero-order chi connectivity index (χ0) is 20.1. The number of para-hydroxylation sites is 1. The molecule has 0 unspecified atom stereocenters. The highest BCUT2D eigenvalue weighted by Gasteiger charge is 2.63. The van der Waals surface area contributed by atoms with Crippen molar-refractivity contribution < 1.29 is 27.5 Å². The molecule has 0 heterocycles. The molecule has 2 aromatic carbocycles. The Morgan fingerprint density at radius 3 is 2.19 bits per heavy atom. The molecule has 1 atom stereocenters. The largest absolute Gasteiger partial charge is 0.463 e. The van der Waals surface area contributed by atoms with Gasteiger partial charge in [0.05, 0.1) is 17.3 Å². The molecule has 0 saturated heterocycles. The van der Waals surface area contributed by atoms with Gasteiger partial charge in [-0.15, -0.1) is 0 Å². The van der Waals surface area contributed by atoms with E-state index in [9.17, 15) is 22.8 Å². The zero-order valence-electron chi connectivity index (χ0n) is 14.1. The van der Waals surface area contributed by atoms with Gasteiger partial charge in [-0.25, -0.2) is 4.79 Å². The van der Waals surface area contributed by atoms with E-state index in [0.29, 0.717) is 0 Å². The van der Waals surface area contributed by atoms with Crippen LogP contribution in [0, 0.1) is 0 Å². The van der Waals surface area contributed by atoms with E-state index in [4.69, 9.17) is 11.6 Å². The lowest BCUT2D eigenvalue weighted by Gasteiger charge is -2.35. The molecule has 0 aromatic heterocycles. The molecule has 2 aromatic rings. The summed E-state index contributed by atoms with van der Waals surface area (Å²) >= 11 is 5.92. The van der Waals surface area contributed by atoms with Crippen LogP contribution in [0.25, 0.3) is 0 Å². The normalized spacial score (nSPS) is 13.4. The summed E-state index contributed by atoms with van der Waals surface area (Å²) in [4.78, 5) is 24.7. The lowest BCUT2D eigenvalue weighted by atomic mass is 10.1. The SMILES string of the molecule is CCOC(=O)[C@@](NC(=O)c1ccccc1)(Nc1ccccc1Cl)C(F)(F)F. The van der Waals surface area contributed by atoms with Crippen LogP contribution in [-0.2, 0) is 9.53 Å². The number of hydrogen-bond donors (Lipinski definition) is 2. The smallest absolute Gasteiger partial charge is 0.441 e. The van der Waals surface area contributed by atoms with Gasteiger partial charge >= 0.3 is 17.8 Å². The molecule has 0 radical (unpaired) electrons. The highest BCUT2D eigenvalue weighted by Crippen LogP contribution is 2.35. The van der Waals surface area contributed by atoms with Crippen molar-refractivity contribution in [3.63, 3.8) is 0 Å². The number of carbonyl (C=O) groups is 2. The van der Waals surface area contributed by atoms with Crippen LogP contribution in [0.5, 0.6) is 0 Å². The van der Waals surface area contributed by atoms with Crippen molar-refractivity contribution in [1.82, 2.24) is 5.32 Å². The summed E-state index contributed by atoms with van der Waals surface area (Å²) in [6, 6.07) is 12.7. The number of halogens is 4. The van der Waals surface area contributed by atoms with E-state index >= 15 is 0 Å². The Bertz CT molecular complexity index is 815. The number of anilines is 1. The molecule has 1 amide bonds. The number of nitrogens with one attached hydrogen (secondary N) is 2. The van der Waals surface area contributed by atoms with Gasteiger partial charge in [-0.1, -0.05) is 41.9 Å². The van der Waals surface area contributed by atoms with Gasteiger partial charge in [0, 0.05) is 5.56 Å². The van der Waals surface area contributed by atoms with Crippen LogP contribution in [0.3, 0.4) is 0 Å². The highest BCUT2D eigenvalue weighted by atomic mass is 35.5. The first-order valence-electron chi connectivity index (χ1n) is 7.85. The Morgan fingerprint density at radius 2 is 1.63 bits per heavy atom. The van der Waals surface area contributed by atoms with E-state index in [1.54, 1.807) is 11.4 Å². The fourth-order valence-electron chi connectivity index (χ4n) is 2.23. The first-order valence-corrected chi connectivity index (χ1v) is 8.23. The predicted molar refractivity (Wildman–Crippen MR) is 94.4 cm³/mol. The van der Waals surface area contributed by atoms with E-state index in [-0.39, 0.29) is 22.9 Å². The fourth-order valence-corrected chi connectivity index (χ4v) is 2.41. The Balaban J connectivity index is 2.52. The first-order chi connectivity index (χ1) is 12.7. The molecular weight excluding hydrogens is 385 g/mol.